The van der Waals surface area contributed by atoms with Gasteiger partial charge in [-0.15, -0.1) is 0 Å². The third kappa shape index (κ3) is 5.52. The zero-order chi connectivity index (χ0) is 19.3. The van der Waals surface area contributed by atoms with E-state index >= 15 is 0 Å². The van der Waals surface area contributed by atoms with E-state index in [1.165, 1.54) is 24.4 Å². The summed E-state index contributed by atoms with van der Waals surface area (Å²) in [5, 5.41) is 14.8. The molecular formula is C16H12Br2ClN3O4. The predicted molar refractivity (Wildman–Crippen MR) is 106 cm³/mol. The molecule has 0 aromatic heterocycles. The molecule has 0 heterocycles. The predicted octanol–water partition coefficient (Wildman–Crippen LogP) is 4.61. The van der Waals surface area contributed by atoms with E-state index in [4.69, 9.17) is 16.3 Å². The summed E-state index contributed by atoms with van der Waals surface area (Å²) in [6, 6.07) is 7.60. The largest absolute Gasteiger partial charge is 0.482 e. The van der Waals surface area contributed by atoms with Gasteiger partial charge in [0, 0.05) is 27.2 Å². The fourth-order valence-electron chi connectivity index (χ4n) is 1.96. The van der Waals surface area contributed by atoms with Crippen molar-refractivity contribution in [3.8, 4) is 5.75 Å². The molecule has 0 bridgehead atoms. The first kappa shape index (κ1) is 20.3. The fraction of sp³-hybridized carbons (Fsp3) is 0.125. The molecular weight excluding hydrogens is 493 g/mol. The number of hydrogen-bond acceptors (Lipinski definition) is 5. The van der Waals surface area contributed by atoms with Crippen LogP contribution < -0.4 is 10.2 Å². The zero-order valence-electron chi connectivity index (χ0n) is 13.3. The molecule has 1 N–H and O–H groups in total. The van der Waals surface area contributed by atoms with E-state index in [1.54, 1.807) is 0 Å². The van der Waals surface area contributed by atoms with Crippen LogP contribution in [0.2, 0.25) is 5.02 Å². The van der Waals surface area contributed by atoms with Gasteiger partial charge in [0.2, 0.25) is 0 Å². The summed E-state index contributed by atoms with van der Waals surface area (Å²) in [5.74, 6) is 0.0612. The molecule has 1 amide bonds. The number of benzene rings is 2. The van der Waals surface area contributed by atoms with Crippen LogP contribution in [0.3, 0.4) is 0 Å². The minimum atomic E-state index is -0.543. The van der Waals surface area contributed by atoms with E-state index in [9.17, 15) is 14.9 Å². The maximum absolute atomic E-state index is 11.8. The average molecular weight is 506 g/mol. The van der Waals surface area contributed by atoms with Gasteiger partial charge in [0.1, 0.15) is 5.75 Å². The number of non-ortho nitro benzene ring substituents is 1. The molecule has 0 saturated carbocycles. The van der Waals surface area contributed by atoms with Gasteiger partial charge in [-0.2, -0.15) is 5.10 Å². The third-order valence-electron chi connectivity index (χ3n) is 3.12. The van der Waals surface area contributed by atoms with Gasteiger partial charge in [0.25, 0.3) is 11.6 Å². The molecule has 136 valence electrons. The van der Waals surface area contributed by atoms with Crippen molar-refractivity contribution in [2.75, 3.05) is 6.61 Å². The smallest absolute Gasteiger partial charge is 0.277 e. The van der Waals surface area contributed by atoms with E-state index in [0.29, 0.717) is 15.8 Å². The summed E-state index contributed by atoms with van der Waals surface area (Å²) in [6.45, 7) is 1.60. The quantitative estimate of drug-likeness (QED) is 0.352. The van der Waals surface area contributed by atoms with E-state index in [1.807, 2.05) is 19.1 Å². The van der Waals surface area contributed by atoms with Crippen LogP contribution >= 0.6 is 43.5 Å². The Kier molecular flexibility index (Phi) is 7.13. The highest BCUT2D eigenvalue weighted by Crippen LogP contribution is 2.32. The lowest BCUT2D eigenvalue weighted by Crippen LogP contribution is -2.24. The second-order valence-corrected chi connectivity index (χ2v) is 7.26. The third-order valence-corrected chi connectivity index (χ3v) is 4.52. The number of halogens is 3. The normalized spacial score (nSPS) is 10.8. The molecule has 2 rings (SSSR count). The Morgan fingerprint density at radius 3 is 2.77 bits per heavy atom. The molecule has 0 spiro atoms. The number of nitrogens with one attached hydrogen (secondary N) is 1. The number of hydrogen-bond donors (Lipinski definition) is 1. The van der Waals surface area contributed by atoms with Gasteiger partial charge in [-0.25, -0.2) is 5.43 Å². The molecule has 7 nitrogen and oxygen atoms in total. The number of carbonyl (C=O) groups is 1. The van der Waals surface area contributed by atoms with Gasteiger partial charge in [-0.3, -0.25) is 14.9 Å². The Bertz CT molecular complexity index is 867. The van der Waals surface area contributed by atoms with Crippen molar-refractivity contribution in [2.24, 2.45) is 5.10 Å². The summed E-state index contributed by atoms with van der Waals surface area (Å²) >= 11 is 12.7. The first-order chi connectivity index (χ1) is 12.3. The Balaban J connectivity index is 1.96. The number of rotatable bonds is 6. The number of carbonyl (C=O) groups excluding carboxylic acids is 1. The van der Waals surface area contributed by atoms with Gasteiger partial charge in [0.15, 0.2) is 6.61 Å². The second-order valence-electron chi connectivity index (χ2n) is 5.08. The highest BCUT2D eigenvalue weighted by atomic mass is 79.9. The monoisotopic (exact) mass is 503 g/mol. The number of nitrogens with zero attached hydrogens (tertiary/aromatic N) is 2. The average Bonchev–Trinajstić information content (AvgIpc) is 2.55. The molecule has 0 aliphatic heterocycles. The maximum Gasteiger partial charge on any atom is 0.277 e. The Morgan fingerprint density at radius 2 is 2.12 bits per heavy atom. The van der Waals surface area contributed by atoms with Crippen LogP contribution in [0.5, 0.6) is 5.75 Å². The van der Waals surface area contributed by atoms with Crippen molar-refractivity contribution in [3.63, 3.8) is 0 Å². The maximum atomic E-state index is 11.8. The number of hydrazone groups is 1. The Morgan fingerprint density at radius 1 is 1.38 bits per heavy atom. The highest BCUT2D eigenvalue weighted by molar-refractivity contribution is 9.11. The molecule has 10 heteroatoms. The van der Waals surface area contributed by atoms with Gasteiger partial charge in [-0.1, -0.05) is 27.5 Å². The molecule has 0 atom stereocenters. The molecule has 0 unspecified atom stereocenters. The SMILES string of the molecule is Cc1cc(Br)cc(Br)c1OCC(=O)NN=Cc1cc([N+](=O)[O-])ccc1Cl. The summed E-state index contributed by atoms with van der Waals surface area (Å²) in [7, 11) is 0. The first-order valence-electron chi connectivity index (χ1n) is 7.12. The minimum Gasteiger partial charge on any atom is -0.482 e. The van der Waals surface area contributed by atoms with Crippen LogP contribution in [0.1, 0.15) is 11.1 Å². The van der Waals surface area contributed by atoms with Crippen LogP contribution in [0.15, 0.2) is 44.4 Å². The number of amides is 1. The molecule has 26 heavy (non-hydrogen) atoms. The van der Waals surface area contributed by atoms with Crippen LogP contribution in [0.25, 0.3) is 0 Å². The van der Waals surface area contributed by atoms with Crippen LogP contribution in [0, 0.1) is 17.0 Å². The summed E-state index contributed by atoms with van der Waals surface area (Å²) in [5.41, 5.74) is 3.32. The Labute approximate surface area is 170 Å². The van der Waals surface area contributed by atoms with Gasteiger partial charge in [0.05, 0.1) is 15.6 Å². The van der Waals surface area contributed by atoms with Crippen molar-refractivity contribution in [2.45, 2.75) is 6.92 Å². The fourth-order valence-corrected chi connectivity index (χ4v) is 3.68. The number of nitro benzene ring substituents is 1. The van der Waals surface area contributed by atoms with E-state index in [2.05, 4.69) is 42.4 Å². The van der Waals surface area contributed by atoms with Gasteiger partial charge >= 0.3 is 0 Å². The standard InChI is InChI=1S/C16H12Br2ClN3O4/c1-9-4-11(17)6-13(18)16(9)26-8-15(23)21-20-7-10-5-12(22(24)25)2-3-14(10)19/h2-7H,8H2,1H3,(H,21,23). The van der Waals surface area contributed by atoms with Crippen LogP contribution in [-0.2, 0) is 4.79 Å². The summed E-state index contributed by atoms with van der Waals surface area (Å²) in [4.78, 5) is 22.1. The number of aryl methyl sites for hydroxylation is 1. The van der Waals surface area contributed by atoms with Gasteiger partial charge in [-0.05, 0) is 46.6 Å². The molecule has 0 aliphatic carbocycles. The van der Waals surface area contributed by atoms with Crippen molar-refractivity contribution < 1.29 is 14.5 Å². The first-order valence-corrected chi connectivity index (χ1v) is 9.08. The van der Waals surface area contributed by atoms with Crippen molar-refractivity contribution in [3.05, 3.63) is 65.5 Å². The molecule has 0 saturated heterocycles. The van der Waals surface area contributed by atoms with Crippen molar-refractivity contribution in [1.82, 2.24) is 5.43 Å². The van der Waals surface area contributed by atoms with E-state index < -0.39 is 10.8 Å². The molecule has 0 radical (unpaired) electrons. The number of nitro groups is 1. The van der Waals surface area contributed by atoms with E-state index in [-0.39, 0.29) is 17.3 Å². The van der Waals surface area contributed by atoms with Gasteiger partial charge < -0.3 is 4.74 Å². The lowest BCUT2D eigenvalue weighted by molar-refractivity contribution is -0.384. The van der Waals surface area contributed by atoms with E-state index in [0.717, 1.165) is 10.0 Å². The summed E-state index contributed by atoms with van der Waals surface area (Å²) < 4.78 is 7.09. The molecule has 2 aromatic carbocycles. The lowest BCUT2D eigenvalue weighted by Gasteiger charge is -2.10. The lowest BCUT2D eigenvalue weighted by atomic mass is 10.2. The van der Waals surface area contributed by atoms with Crippen molar-refractivity contribution in [1.29, 1.82) is 0 Å². The molecule has 0 aliphatic rings. The Hall–Kier alpha value is -1.97. The zero-order valence-corrected chi connectivity index (χ0v) is 17.3. The second kappa shape index (κ2) is 9.11. The molecule has 2 aromatic rings. The van der Waals surface area contributed by atoms with Crippen LogP contribution in [0.4, 0.5) is 5.69 Å². The number of ether oxygens (including phenoxy) is 1. The summed E-state index contributed by atoms with van der Waals surface area (Å²) in [6.07, 6.45) is 1.23. The minimum absolute atomic E-state index is 0.124. The topological polar surface area (TPSA) is 93.8 Å². The molecule has 0 fully saturated rings. The highest BCUT2D eigenvalue weighted by Gasteiger charge is 2.10. The van der Waals surface area contributed by atoms with Crippen LogP contribution in [-0.4, -0.2) is 23.7 Å². The van der Waals surface area contributed by atoms with Crippen molar-refractivity contribution >= 4 is 61.3 Å².